The molecule has 1 atom stereocenters. The molecular formula is C14H28F3IN4. The Morgan fingerprint density at radius 3 is 2.23 bits per heavy atom. The van der Waals surface area contributed by atoms with Crippen molar-refractivity contribution in [3.8, 4) is 0 Å². The van der Waals surface area contributed by atoms with Gasteiger partial charge >= 0.3 is 6.18 Å². The van der Waals surface area contributed by atoms with Crippen molar-refractivity contribution < 1.29 is 13.2 Å². The number of piperazine rings is 1. The number of nitrogens with one attached hydrogen (secondary N) is 1. The van der Waals surface area contributed by atoms with Gasteiger partial charge in [-0.1, -0.05) is 13.3 Å². The van der Waals surface area contributed by atoms with Gasteiger partial charge in [0, 0.05) is 39.3 Å². The highest BCUT2D eigenvalue weighted by Crippen LogP contribution is 2.25. The van der Waals surface area contributed by atoms with Crippen LogP contribution in [0.2, 0.25) is 0 Å². The fraction of sp³-hybridized carbons (Fsp3) is 0.929. The van der Waals surface area contributed by atoms with E-state index in [1.807, 2.05) is 6.92 Å². The lowest BCUT2D eigenvalue weighted by Gasteiger charge is -2.39. The van der Waals surface area contributed by atoms with Crippen LogP contribution in [0.15, 0.2) is 4.99 Å². The Morgan fingerprint density at radius 1 is 1.18 bits per heavy atom. The molecule has 1 aliphatic heterocycles. The number of halogens is 4. The second kappa shape index (κ2) is 10.5. The van der Waals surface area contributed by atoms with E-state index >= 15 is 0 Å². The van der Waals surface area contributed by atoms with Crippen molar-refractivity contribution in [2.75, 3.05) is 39.3 Å². The van der Waals surface area contributed by atoms with Gasteiger partial charge in [-0.05, 0) is 20.3 Å². The summed E-state index contributed by atoms with van der Waals surface area (Å²) in [7, 11) is 0. The van der Waals surface area contributed by atoms with Crippen LogP contribution in [-0.2, 0) is 0 Å². The Morgan fingerprint density at radius 2 is 1.77 bits per heavy atom. The zero-order chi connectivity index (χ0) is 15.9. The van der Waals surface area contributed by atoms with E-state index in [9.17, 15) is 13.2 Å². The van der Waals surface area contributed by atoms with E-state index in [-0.39, 0.29) is 24.0 Å². The first kappa shape index (κ1) is 21.8. The predicted molar refractivity (Wildman–Crippen MR) is 95.0 cm³/mol. The summed E-state index contributed by atoms with van der Waals surface area (Å²) >= 11 is 0. The van der Waals surface area contributed by atoms with Crippen LogP contribution in [0.1, 0.15) is 33.6 Å². The monoisotopic (exact) mass is 436 g/mol. The minimum Gasteiger partial charge on any atom is -0.357 e. The molecule has 1 saturated heterocycles. The number of guanidine groups is 1. The van der Waals surface area contributed by atoms with Crippen LogP contribution in [0.4, 0.5) is 13.2 Å². The smallest absolute Gasteiger partial charge is 0.357 e. The fourth-order valence-corrected chi connectivity index (χ4v) is 2.30. The van der Waals surface area contributed by atoms with Crippen molar-refractivity contribution in [3.05, 3.63) is 0 Å². The van der Waals surface area contributed by atoms with Crippen LogP contribution < -0.4 is 5.32 Å². The first-order chi connectivity index (χ1) is 9.90. The van der Waals surface area contributed by atoms with E-state index in [1.165, 1.54) is 11.8 Å². The molecule has 0 bridgehead atoms. The van der Waals surface area contributed by atoms with Gasteiger partial charge in [-0.15, -0.1) is 24.0 Å². The first-order valence-corrected chi connectivity index (χ1v) is 7.74. The lowest BCUT2D eigenvalue weighted by atomic mass is 10.2. The van der Waals surface area contributed by atoms with Crippen LogP contribution in [0.5, 0.6) is 0 Å². The number of aliphatic imine (C=N–C) groups is 1. The van der Waals surface area contributed by atoms with Gasteiger partial charge in [0.1, 0.15) is 6.04 Å². The molecule has 0 aromatic heterocycles. The molecule has 0 aliphatic carbocycles. The van der Waals surface area contributed by atoms with E-state index in [2.05, 4.69) is 22.1 Å². The molecule has 0 saturated carbocycles. The topological polar surface area (TPSA) is 30.9 Å². The minimum absolute atomic E-state index is 0. The zero-order valence-corrected chi connectivity index (χ0v) is 15.9. The van der Waals surface area contributed by atoms with E-state index in [1.54, 1.807) is 0 Å². The Hall–Kier alpha value is -0.250. The summed E-state index contributed by atoms with van der Waals surface area (Å²) in [6.45, 7) is 8.86. The maximum atomic E-state index is 12.7. The highest BCUT2D eigenvalue weighted by atomic mass is 127. The first-order valence-electron chi connectivity index (χ1n) is 7.74. The van der Waals surface area contributed by atoms with Crippen LogP contribution in [0.25, 0.3) is 0 Å². The number of alkyl halides is 3. The van der Waals surface area contributed by atoms with E-state index in [0.717, 1.165) is 31.9 Å². The molecule has 1 aliphatic rings. The standard InChI is InChI=1S/C14H27F3N4.HI/c1-4-6-7-19-13(18-5-2)21-10-8-20(9-11-21)12(3)14(15,16)17;/h12H,4-11H2,1-3H3,(H,18,19);1H. The molecule has 1 fully saturated rings. The van der Waals surface area contributed by atoms with E-state index in [4.69, 9.17) is 0 Å². The van der Waals surface area contributed by atoms with Crippen LogP contribution in [0, 0.1) is 0 Å². The molecule has 0 amide bonds. The predicted octanol–water partition coefficient (Wildman–Crippen LogP) is 2.94. The average Bonchev–Trinajstić information content (AvgIpc) is 2.45. The molecule has 0 aromatic carbocycles. The Labute approximate surface area is 148 Å². The summed E-state index contributed by atoms with van der Waals surface area (Å²) in [6, 6.07) is -1.38. The number of hydrogen-bond acceptors (Lipinski definition) is 2. The van der Waals surface area contributed by atoms with Gasteiger partial charge in [0.15, 0.2) is 5.96 Å². The molecular weight excluding hydrogens is 408 g/mol. The van der Waals surface area contributed by atoms with Crippen molar-refractivity contribution in [1.29, 1.82) is 0 Å². The molecule has 1 rings (SSSR count). The summed E-state index contributed by atoms with van der Waals surface area (Å²) in [5.41, 5.74) is 0. The van der Waals surface area contributed by atoms with Gasteiger partial charge in [-0.2, -0.15) is 13.2 Å². The normalized spacial score (nSPS) is 18.8. The second-order valence-corrected chi connectivity index (χ2v) is 5.33. The minimum atomic E-state index is -4.15. The number of rotatable bonds is 5. The SMILES string of the molecule is CCCCN=C(NCC)N1CCN(C(C)C(F)(F)F)CC1.I. The highest BCUT2D eigenvalue weighted by Gasteiger charge is 2.40. The fourth-order valence-electron chi connectivity index (χ4n) is 2.30. The van der Waals surface area contributed by atoms with Crippen molar-refractivity contribution in [2.24, 2.45) is 4.99 Å². The molecule has 1 unspecified atom stereocenters. The third kappa shape index (κ3) is 6.89. The van der Waals surface area contributed by atoms with Gasteiger partial charge in [0.25, 0.3) is 0 Å². The zero-order valence-electron chi connectivity index (χ0n) is 13.6. The quantitative estimate of drug-likeness (QED) is 0.311. The van der Waals surface area contributed by atoms with Crippen molar-refractivity contribution in [1.82, 2.24) is 15.1 Å². The molecule has 0 aromatic rings. The lowest BCUT2D eigenvalue weighted by molar-refractivity contribution is -0.181. The number of nitrogens with zero attached hydrogens (tertiary/aromatic N) is 3. The molecule has 22 heavy (non-hydrogen) atoms. The summed E-state index contributed by atoms with van der Waals surface area (Å²) in [5, 5.41) is 3.22. The van der Waals surface area contributed by atoms with Gasteiger partial charge in [0.2, 0.25) is 0 Å². The van der Waals surface area contributed by atoms with Gasteiger partial charge in [0.05, 0.1) is 0 Å². The molecule has 4 nitrogen and oxygen atoms in total. The van der Waals surface area contributed by atoms with Gasteiger partial charge in [-0.25, -0.2) is 0 Å². The third-order valence-corrected chi connectivity index (χ3v) is 3.74. The third-order valence-electron chi connectivity index (χ3n) is 3.74. The summed E-state index contributed by atoms with van der Waals surface area (Å²) in [6.07, 6.45) is -2.04. The van der Waals surface area contributed by atoms with Gasteiger partial charge in [-0.3, -0.25) is 9.89 Å². The van der Waals surface area contributed by atoms with Crippen LogP contribution >= 0.6 is 24.0 Å². The van der Waals surface area contributed by atoms with Gasteiger partial charge < -0.3 is 10.2 Å². The Bertz CT molecular complexity index is 329. The van der Waals surface area contributed by atoms with Crippen LogP contribution in [-0.4, -0.2) is 67.2 Å². The molecule has 1 heterocycles. The molecule has 1 N–H and O–H groups in total. The van der Waals surface area contributed by atoms with Crippen LogP contribution in [0.3, 0.4) is 0 Å². The Kier molecular flexibility index (Phi) is 10.4. The maximum Gasteiger partial charge on any atom is 0.403 e. The van der Waals surface area contributed by atoms with Crippen molar-refractivity contribution in [3.63, 3.8) is 0 Å². The summed E-state index contributed by atoms with van der Waals surface area (Å²) in [5.74, 6) is 0.824. The summed E-state index contributed by atoms with van der Waals surface area (Å²) < 4.78 is 38.2. The maximum absolute atomic E-state index is 12.7. The highest BCUT2D eigenvalue weighted by molar-refractivity contribution is 14.0. The molecule has 0 spiro atoms. The largest absolute Gasteiger partial charge is 0.403 e. The second-order valence-electron chi connectivity index (χ2n) is 5.33. The number of unbranched alkanes of at least 4 members (excludes halogenated alkanes) is 1. The molecule has 0 radical (unpaired) electrons. The molecule has 132 valence electrons. The lowest BCUT2D eigenvalue weighted by Crippen LogP contribution is -2.56. The van der Waals surface area contributed by atoms with Crippen molar-refractivity contribution in [2.45, 2.75) is 45.8 Å². The van der Waals surface area contributed by atoms with E-state index < -0.39 is 12.2 Å². The average molecular weight is 436 g/mol. The summed E-state index contributed by atoms with van der Waals surface area (Å²) in [4.78, 5) is 8.08. The Balaban J connectivity index is 0.00000441. The molecule has 8 heteroatoms. The number of hydrogen-bond donors (Lipinski definition) is 1. The van der Waals surface area contributed by atoms with E-state index in [0.29, 0.717) is 26.2 Å². The van der Waals surface area contributed by atoms with Crippen molar-refractivity contribution >= 4 is 29.9 Å².